The summed E-state index contributed by atoms with van der Waals surface area (Å²) in [7, 11) is 0. The molecule has 260 valence electrons. The van der Waals surface area contributed by atoms with Gasteiger partial charge in [-0.3, -0.25) is 9.59 Å². The summed E-state index contributed by atoms with van der Waals surface area (Å²) < 4.78 is 0. The third-order valence-electron chi connectivity index (χ3n) is 8.27. The molecule has 0 fully saturated rings. The third-order valence-corrected chi connectivity index (χ3v) is 8.27. The van der Waals surface area contributed by atoms with Crippen molar-refractivity contribution >= 4 is 11.8 Å². The monoisotopic (exact) mass is 633 g/mol. The summed E-state index contributed by atoms with van der Waals surface area (Å²) in [6, 6.07) is 6.16. The molecule has 0 aliphatic rings. The molecule has 1 aromatic rings. The van der Waals surface area contributed by atoms with Gasteiger partial charge in [0.25, 0.3) is 0 Å². The first-order valence-corrected chi connectivity index (χ1v) is 18.2. The fourth-order valence-corrected chi connectivity index (χ4v) is 5.54. The topological polar surface area (TPSA) is 146 Å². The number of rotatable bonds is 31. The second kappa shape index (κ2) is 29.2. The summed E-state index contributed by atoms with van der Waals surface area (Å²) >= 11 is 0. The number of carbonyl (C=O) groups is 2. The molecule has 0 aliphatic carbocycles. The lowest BCUT2D eigenvalue weighted by molar-refractivity contribution is -0.129. The Hall–Kier alpha value is -2.20. The fraction of sp³-hybridized carbons (Fsp3) is 0.778. The number of aromatic hydroxyl groups is 1. The van der Waals surface area contributed by atoms with Gasteiger partial charge < -0.3 is 37.4 Å². The van der Waals surface area contributed by atoms with E-state index in [2.05, 4.69) is 20.9 Å². The number of nitrogens with zero attached hydrogens (tertiary/aromatic N) is 1. The minimum absolute atomic E-state index is 0.112. The maximum Gasteiger partial charge on any atom is 0.242 e. The van der Waals surface area contributed by atoms with Crippen molar-refractivity contribution in [3.63, 3.8) is 0 Å². The van der Waals surface area contributed by atoms with E-state index in [-0.39, 0.29) is 17.6 Å². The summed E-state index contributed by atoms with van der Waals surface area (Å²) in [5.74, 6) is -0.0835. The molecule has 0 bridgehead atoms. The minimum atomic E-state index is -0.630. The molecule has 1 aromatic carbocycles. The van der Waals surface area contributed by atoms with Crippen molar-refractivity contribution in [2.24, 2.45) is 11.5 Å². The van der Waals surface area contributed by atoms with Gasteiger partial charge in [-0.25, -0.2) is 0 Å². The maximum atomic E-state index is 13.1. The van der Waals surface area contributed by atoms with Gasteiger partial charge in [-0.2, -0.15) is 0 Å². The number of nitrogens with one attached hydrogen (secondary N) is 3. The van der Waals surface area contributed by atoms with Gasteiger partial charge in [0.15, 0.2) is 0 Å². The average Bonchev–Trinajstić information content (AvgIpc) is 3.03. The predicted molar refractivity (Wildman–Crippen MR) is 188 cm³/mol. The van der Waals surface area contributed by atoms with Crippen LogP contribution in [0, 0.1) is 0 Å². The maximum absolute atomic E-state index is 13.1. The molecule has 9 heteroatoms. The molecule has 1 atom stereocenters. The molecule has 0 aromatic heterocycles. The van der Waals surface area contributed by atoms with Crippen LogP contribution in [0.4, 0.5) is 0 Å². The van der Waals surface area contributed by atoms with Crippen LogP contribution in [-0.4, -0.2) is 80.2 Å². The van der Waals surface area contributed by atoms with Crippen LogP contribution < -0.4 is 27.4 Å². The normalized spacial score (nSPS) is 12.0. The van der Waals surface area contributed by atoms with Gasteiger partial charge in [0.05, 0.1) is 0 Å². The summed E-state index contributed by atoms with van der Waals surface area (Å²) in [4.78, 5) is 28.0. The van der Waals surface area contributed by atoms with Gasteiger partial charge in [-0.15, -0.1) is 0 Å². The van der Waals surface area contributed by atoms with Crippen molar-refractivity contribution in [1.29, 1.82) is 0 Å². The van der Waals surface area contributed by atoms with Crippen LogP contribution in [0.5, 0.6) is 5.75 Å². The highest BCUT2D eigenvalue weighted by Gasteiger charge is 2.21. The zero-order valence-corrected chi connectivity index (χ0v) is 28.6. The van der Waals surface area contributed by atoms with Crippen molar-refractivity contribution in [3.8, 4) is 5.75 Å². The highest BCUT2D eigenvalue weighted by atomic mass is 16.3. The number of benzene rings is 1. The molecule has 8 N–H and O–H groups in total. The Morgan fingerprint density at radius 2 is 1.22 bits per heavy atom. The Bertz CT molecular complexity index is 839. The third kappa shape index (κ3) is 23.8. The van der Waals surface area contributed by atoms with Gasteiger partial charge in [0, 0.05) is 19.4 Å². The molecule has 45 heavy (non-hydrogen) atoms. The number of unbranched alkanes of at least 4 members (excludes halogenated alkanes) is 11. The number of amides is 2. The van der Waals surface area contributed by atoms with Crippen LogP contribution in [0.2, 0.25) is 0 Å². The molecule has 0 spiro atoms. The highest BCUT2D eigenvalue weighted by molar-refractivity contribution is 5.87. The molecule has 0 radical (unpaired) electrons. The second-order valence-corrected chi connectivity index (χ2v) is 12.5. The Morgan fingerprint density at radius 3 is 1.78 bits per heavy atom. The van der Waals surface area contributed by atoms with Crippen LogP contribution in [-0.2, 0) is 16.0 Å². The van der Waals surface area contributed by atoms with Crippen molar-refractivity contribution in [1.82, 2.24) is 20.9 Å². The van der Waals surface area contributed by atoms with Crippen LogP contribution in [0.1, 0.15) is 122 Å². The molecular weight excluding hydrogens is 564 g/mol. The molecule has 2 amide bonds. The minimum Gasteiger partial charge on any atom is -0.508 e. The van der Waals surface area contributed by atoms with E-state index in [9.17, 15) is 14.7 Å². The SMILES string of the molecule is CCCC(=O)N[C@@H](Cc1ccc(O)cc1)C(=O)NCCCN(CCCCCCN)CCCCCCCCNCCCCCCN. The number of phenolic OH excluding ortho intramolecular Hbond substituents is 1. The second-order valence-electron chi connectivity index (χ2n) is 12.5. The van der Waals surface area contributed by atoms with Crippen LogP contribution in [0.15, 0.2) is 24.3 Å². The van der Waals surface area contributed by atoms with Crippen molar-refractivity contribution in [2.45, 2.75) is 129 Å². The number of hydrogen-bond donors (Lipinski definition) is 6. The molecule has 1 rings (SSSR count). The Labute approximate surface area is 275 Å². The van der Waals surface area contributed by atoms with E-state index in [0.717, 1.165) is 77.1 Å². The van der Waals surface area contributed by atoms with E-state index in [0.29, 0.717) is 19.4 Å². The molecule has 0 unspecified atom stereocenters. The van der Waals surface area contributed by atoms with E-state index >= 15 is 0 Å². The lowest BCUT2D eigenvalue weighted by Gasteiger charge is -2.23. The van der Waals surface area contributed by atoms with Crippen molar-refractivity contribution in [2.75, 3.05) is 52.4 Å². The Kier molecular flexibility index (Phi) is 26.5. The fourth-order valence-electron chi connectivity index (χ4n) is 5.54. The van der Waals surface area contributed by atoms with E-state index in [1.165, 1.54) is 77.0 Å². The molecule has 0 saturated carbocycles. The van der Waals surface area contributed by atoms with E-state index in [1.807, 2.05) is 6.92 Å². The summed E-state index contributed by atoms with van der Waals surface area (Å²) in [5.41, 5.74) is 12.1. The van der Waals surface area contributed by atoms with E-state index in [4.69, 9.17) is 11.5 Å². The highest BCUT2D eigenvalue weighted by Crippen LogP contribution is 2.12. The quantitative estimate of drug-likeness (QED) is 0.0632. The first-order valence-electron chi connectivity index (χ1n) is 18.2. The summed E-state index contributed by atoms with van der Waals surface area (Å²) in [6.07, 6.45) is 19.7. The van der Waals surface area contributed by atoms with Crippen LogP contribution in [0.3, 0.4) is 0 Å². The van der Waals surface area contributed by atoms with Crippen LogP contribution >= 0.6 is 0 Å². The van der Waals surface area contributed by atoms with Crippen molar-refractivity contribution < 1.29 is 14.7 Å². The molecule has 0 heterocycles. The van der Waals surface area contributed by atoms with E-state index in [1.54, 1.807) is 24.3 Å². The van der Waals surface area contributed by atoms with E-state index < -0.39 is 6.04 Å². The number of hydrogen-bond acceptors (Lipinski definition) is 7. The van der Waals surface area contributed by atoms with Gasteiger partial charge in [0.2, 0.25) is 11.8 Å². The van der Waals surface area contributed by atoms with Crippen molar-refractivity contribution in [3.05, 3.63) is 29.8 Å². The predicted octanol–water partition coefficient (Wildman–Crippen LogP) is 5.00. The smallest absolute Gasteiger partial charge is 0.242 e. The first kappa shape index (κ1) is 40.8. The zero-order chi connectivity index (χ0) is 32.8. The zero-order valence-electron chi connectivity index (χ0n) is 28.6. The lowest BCUT2D eigenvalue weighted by atomic mass is 10.0. The lowest BCUT2D eigenvalue weighted by Crippen LogP contribution is -2.48. The van der Waals surface area contributed by atoms with Gasteiger partial charge in [-0.1, -0.05) is 70.4 Å². The van der Waals surface area contributed by atoms with Crippen LogP contribution in [0.25, 0.3) is 0 Å². The molecule has 0 aliphatic heterocycles. The number of carbonyl (C=O) groups excluding carboxylic acids is 2. The van der Waals surface area contributed by atoms with Gasteiger partial charge in [0.1, 0.15) is 11.8 Å². The summed E-state index contributed by atoms with van der Waals surface area (Å²) in [5, 5.41) is 19.1. The standard InChI is InChI=1S/C36H68N6O3/c1-2-18-35(44)41-34(31-32-19-21-33(43)22-20-32)36(45)40-27-17-30-42(29-16-10-6-12-24-38)28-15-9-4-3-7-13-25-39-26-14-8-5-11-23-37/h19-22,34,39,43H,2-18,23-31,37-38H2,1H3,(H,40,45)(H,41,44)/t34-/m0/s1. The largest absolute Gasteiger partial charge is 0.508 e. The first-order chi connectivity index (χ1) is 22.0. The Balaban J connectivity index is 2.36. The Morgan fingerprint density at radius 1 is 0.711 bits per heavy atom. The number of phenols is 1. The molecule has 9 nitrogen and oxygen atoms in total. The summed E-state index contributed by atoms with van der Waals surface area (Å²) in [6.45, 7) is 9.53. The molecular formula is C36H68N6O3. The van der Waals surface area contributed by atoms with Gasteiger partial charge in [-0.05, 0) is 115 Å². The van der Waals surface area contributed by atoms with Gasteiger partial charge >= 0.3 is 0 Å². The average molecular weight is 633 g/mol. The number of nitrogens with two attached hydrogens (primary N) is 2. The molecule has 0 saturated heterocycles.